The first kappa shape index (κ1) is 16.1. The van der Waals surface area contributed by atoms with Crippen molar-refractivity contribution < 1.29 is 14.4 Å². The summed E-state index contributed by atoms with van der Waals surface area (Å²) in [5.74, 6) is -0.532. The summed E-state index contributed by atoms with van der Waals surface area (Å²) in [7, 11) is 0. The lowest BCUT2D eigenvalue weighted by Gasteiger charge is -2.24. The molecule has 0 bridgehead atoms. The van der Waals surface area contributed by atoms with Gasteiger partial charge >= 0.3 is 0 Å². The van der Waals surface area contributed by atoms with E-state index in [-0.39, 0.29) is 18.2 Å². The lowest BCUT2D eigenvalue weighted by Crippen LogP contribution is -2.38. The smallest absolute Gasteiger partial charge is 0.245 e. The number of rotatable bonds is 3. The van der Waals surface area contributed by atoms with Gasteiger partial charge in [0.15, 0.2) is 0 Å². The van der Waals surface area contributed by atoms with E-state index in [2.05, 4.69) is 10.8 Å². The number of benzene rings is 1. The number of nitrogens with one attached hydrogen (secondary N) is 2. The molecule has 0 saturated carbocycles. The number of hydrogen-bond acceptors (Lipinski definition) is 4. The molecule has 21 heavy (non-hydrogen) atoms. The van der Waals surface area contributed by atoms with Crippen molar-refractivity contribution in [1.82, 2.24) is 5.48 Å². The van der Waals surface area contributed by atoms with Crippen LogP contribution >= 0.6 is 23.4 Å². The number of thioether (sulfide) groups is 1. The average molecular weight is 329 g/mol. The zero-order valence-electron chi connectivity index (χ0n) is 12.0. The van der Waals surface area contributed by atoms with E-state index in [4.69, 9.17) is 16.4 Å². The third-order valence-corrected chi connectivity index (χ3v) is 4.11. The number of fused-ring (bicyclic) bond motifs is 1. The largest absolute Gasteiger partial charge is 0.324 e. The molecule has 1 aromatic carbocycles. The monoisotopic (exact) mass is 328 g/mol. The highest BCUT2D eigenvalue weighted by Gasteiger charge is 2.29. The fraction of sp³-hybridized carbons (Fsp3) is 0.429. The van der Waals surface area contributed by atoms with Gasteiger partial charge in [-0.2, -0.15) is 0 Å². The third-order valence-electron chi connectivity index (χ3n) is 2.60. The van der Waals surface area contributed by atoms with Gasteiger partial charge in [-0.3, -0.25) is 14.4 Å². The number of halogens is 1. The molecule has 114 valence electrons. The maximum atomic E-state index is 12.0. The van der Waals surface area contributed by atoms with Crippen molar-refractivity contribution in [2.75, 3.05) is 5.32 Å². The molecule has 0 unspecified atom stereocenters. The Balaban J connectivity index is 1.97. The standard InChI is InChI=1S/C14H17ClN2O3S/c1-14(2,3)20-17-12(18)7-11-13(19)16-9-6-8(15)4-5-10(9)21-11/h4-6,11H,7H2,1-3H3,(H,16,19)(H,17,18)/t11-/m0/s1. The summed E-state index contributed by atoms with van der Waals surface area (Å²) >= 11 is 7.24. The molecule has 1 aromatic rings. The van der Waals surface area contributed by atoms with Gasteiger partial charge in [0.2, 0.25) is 11.8 Å². The molecular weight excluding hydrogens is 312 g/mol. The number of hydroxylamine groups is 1. The van der Waals surface area contributed by atoms with Crippen molar-refractivity contribution in [3.63, 3.8) is 0 Å². The van der Waals surface area contributed by atoms with Crippen LogP contribution < -0.4 is 10.8 Å². The minimum Gasteiger partial charge on any atom is -0.324 e. The molecule has 0 spiro atoms. The first-order valence-corrected chi connectivity index (χ1v) is 7.74. The average Bonchev–Trinajstić information content (AvgIpc) is 2.37. The molecular formula is C14H17ClN2O3S. The Morgan fingerprint density at radius 1 is 1.48 bits per heavy atom. The molecule has 2 N–H and O–H groups in total. The summed E-state index contributed by atoms with van der Waals surface area (Å²) in [4.78, 5) is 29.9. The molecule has 1 aliphatic heterocycles. The predicted molar refractivity (Wildman–Crippen MR) is 83.3 cm³/mol. The molecule has 1 aliphatic rings. The van der Waals surface area contributed by atoms with Gasteiger partial charge in [-0.05, 0) is 39.0 Å². The van der Waals surface area contributed by atoms with E-state index in [0.717, 1.165) is 4.90 Å². The molecule has 0 aromatic heterocycles. The molecule has 0 fully saturated rings. The maximum absolute atomic E-state index is 12.0. The van der Waals surface area contributed by atoms with Crippen molar-refractivity contribution in [3.8, 4) is 0 Å². The van der Waals surface area contributed by atoms with E-state index in [1.807, 2.05) is 26.8 Å². The Bertz CT molecular complexity index is 572. The lowest BCUT2D eigenvalue weighted by atomic mass is 10.2. The van der Waals surface area contributed by atoms with E-state index in [0.29, 0.717) is 10.7 Å². The topological polar surface area (TPSA) is 67.4 Å². The summed E-state index contributed by atoms with van der Waals surface area (Å²) in [6, 6.07) is 5.28. The zero-order chi connectivity index (χ0) is 15.6. The van der Waals surface area contributed by atoms with Gasteiger partial charge < -0.3 is 5.32 Å². The minimum absolute atomic E-state index is 0.0502. The van der Waals surface area contributed by atoms with Crippen molar-refractivity contribution in [1.29, 1.82) is 0 Å². The predicted octanol–water partition coefficient (Wildman–Crippen LogP) is 2.99. The van der Waals surface area contributed by atoms with Crippen molar-refractivity contribution >= 4 is 40.9 Å². The van der Waals surface area contributed by atoms with Crippen LogP contribution in [0.1, 0.15) is 27.2 Å². The zero-order valence-corrected chi connectivity index (χ0v) is 13.6. The number of carbonyl (C=O) groups excluding carboxylic acids is 2. The Morgan fingerprint density at radius 3 is 2.86 bits per heavy atom. The van der Waals surface area contributed by atoms with Crippen LogP contribution in [0.3, 0.4) is 0 Å². The highest BCUT2D eigenvalue weighted by atomic mass is 35.5. The number of amides is 2. The summed E-state index contributed by atoms with van der Waals surface area (Å²) < 4.78 is 0. The van der Waals surface area contributed by atoms with E-state index in [1.165, 1.54) is 11.8 Å². The summed E-state index contributed by atoms with van der Waals surface area (Å²) in [5.41, 5.74) is 2.58. The van der Waals surface area contributed by atoms with Gasteiger partial charge in [0.05, 0.1) is 16.5 Å². The molecule has 0 radical (unpaired) electrons. The Labute approximate surface area is 132 Å². The van der Waals surface area contributed by atoms with Gasteiger partial charge in [0.25, 0.3) is 0 Å². The molecule has 5 nitrogen and oxygen atoms in total. The second-order valence-corrected chi connectivity index (χ2v) is 7.36. The van der Waals surface area contributed by atoms with Crippen LogP contribution in [-0.4, -0.2) is 22.7 Å². The summed E-state index contributed by atoms with van der Waals surface area (Å²) in [6.07, 6.45) is 0.0502. The Kier molecular flexibility index (Phi) is 4.81. The van der Waals surface area contributed by atoms with E-state index < -0.39 is 10.9 Å². The van der Waals surface area contributed by atoms with Crippen LogP contribution in [0.5, 0.6) is 0 Å². The Hall–Kier alpha value is -1.24. The molecule has 1 heterocycles. The molecule has 0 aliphatic carbocycles. The minimum atomic E-state index is -0.484. The van der Waals surface area contributed by atoms with Gasteiger partial charge in [-0.25, -0.2) is 5.48 Å². The van der Waals surface area contributed by atoms with Gasteiger partial charge in [-0.15, -0.1) is 11.8 Å². The van der Waals surface area contributed by atoms with Crippen molar-refractivity contribution in [3.05, 3.63) is 23.2 Å². The SMILES string of the molecule is CC(C)(C)ONC(=O)C[C@@H]1Sc2ccc(Cl)cc2NC1=O. The fourth-order valence-electron chi connectivity index (χ4n) is 1.68. The highest BCUT2D eigenvalue weighted by Crippen LogP contribution is 2.38. The van der Waals surface area contributed by atoms with Crippen LogP contribution in [0.2, 0.25) is 5.02 Å². The summed E-state index contributed by atoms with van der Waals surface area (Å²) in [5, 5.41) is 2.84. The summed E-state index contributed by atoms with van der Waals surface area (Å²) in [6.45, 7) is 5.49. The lowest BCUT2D eigenvalue weighted by molar-refractivity contribution is -0.146. The highest BCUT2D eigenvalue weighted by molar-refractivity contribution is 8.01. The van der Waals surface area contributed by atoms with E-state index in [1.54, 1.807) is 12.1 Å². The van der Waals surface area contributed by atoms with Gasteiger partial charge in [0.1, 0.15) is 0 Å². The Morgan fingerprint density at radius 2 is 2.19 bits per heavy atom. The molecule has 2 amide bonds. The second kappa shape index (κ2) is 6.25. The van der Waals surface area contributed by atoms with Crippen LogP contribution in [0.15, 0.2) is 23.1 Å². The fourth-order valence-corrected chi connectivity index (χ4v) is 2.94. The molecule has 2 rings (SSSR count). The molecule has 0 saturated heterocycles. The van der Waals surface area contributed by atoms with Crippen LogP contribution in [-0.2, 0) is 14.4 Å². The van der Waals surface area contributed by atoms with E-state index >= 15 is 0 Å². The molecule has 1 atom stereocenters. The molecule has 7 heteroatoms. The number of anilines is 1. The van der Waals surface area contributed by atoms with Crippen molar-refractivity contribution in [2.24, 2.45) is 0 Å². The maximum Gasteiger partial charge on any atom is 0.245 e. The quantitative estimate of drug-likeness (QED) is 0.837. The number of carbonyl (C=O) groups is 2. The first-order valence-electron chi connectivity index (χ1n) is 6.48. The second-order valence-electron chi connectivity index (χ2n) is 5.68. The first-order chi connectivity index (χ1) is 9.74. The van der Waals surface area contributed by atoms with Crippen molar-refractivity contribution in [2.45, 2.75) is 42.9 Å². The van der Waals surface area contributed by atoms with Crippen LogP contribution in [0, 0.1) is 0 Å². The van der Waals surface area contributed by atoms with Crippen LogP contribution in [0.4, 0.5) is 5.69 Å². The van der Waals surface area contributed by atoms with Gasteiger partial charge in [0, 0.05) is 16.3 Å². The normalized spacial score (nSPS) is 17.9. The third kappa shape index (κ3) is 4.62. The van der Waals surface area contributed by atoms with E-state index in [9.17, 15) is 9.59 Å². The van der Waals surface area contributed by atoms with Crippen LogP contribution in [0.25, 0.3) is 0 Å². The number of hydrogen-bond donors (Lipinski definition) is 2. The van der Waals surface area contributed by atoms with Gasteiger partial charge in [-0.1, -0.05) is 11.6 Å².